The number of nitro benzene ring substituents is 1. The lowest BCUT2D eigenvalue weighted by Crippen LogP contribution is -2.50. The number of aromatic nitrogens is 2. The molecule has 3 aromatic rings. The van der Waals surface area contributed by atoms with Crippen LogP contribution in [0.25, 0.3) is 10.1 Å². The van der Waals surface area contributed by atoms with E-state index in [9.17, 15) is 19.7 Å². The van der Waals surface area contributed by atoms with E-state index >= 15 is 0 Å². The number of non-ortho nitro benzene ring substituents is 1. The minimum atomic E-state index is -0.477. The number of nitrogens with one attached hydrogen (secondary N) is 1. The largest absolute Gasteiger partial charge is 0.335 e. The average Bonchev–Trinajstić information content (AvgIpc) is 3.35. The lowest BCUT2D eigenvalue weighted by molar-refractivity contribution is -0.384. The highest BCUT2D eigenvalue weighted by atomic mass is 35.5. The minimum absolute atomic E-state index is 0.0418. The summed E-state index contributed by atoms with van der Waals surface area (Å²) in [4.78, 5) is 39.5. The van der Waals surface area contributed by atoms with Gasteiger partial charge in [0.15, 0.2) is 0 Å². The molecule has 0 unspecified atom stereocenters. The standard InChI is InChI=1S/C17H15ClN6O4S2/c18-14-11-2-1-10(24(27)28)7-12(11)30-15(14)16(26)23-5-3-22(4-6-23)8-13(25)20-17-21-19-9-29-17/h1-2,7,9H,3-6,8H2,(H,20,21,25). The Labute approximate surface area is 183 Å². The predicted octanol–water partition coefficient (Wildman–Crippen LogP) is 2.71. The fourth-order valence-electron chi connectivity index (χ4n) is 3.15. The van der Waals surface area contributed by atoms with Crippen molar-refractivity contribution in [1.29, 1.82) is 0 Å². The molecule has 1 aromatic carbocycles. The highest BCUT2D eigenvalue weighted by Crippen LogP contribution is 2.38. The van der Waals surface area contributed by atoms with Crippen LogP contribution in [0.5, 0.6) is 0 Å². The SMILES string of the molecule is O=C(CN1CCN(C(=O)c2sc3cc([N+](=O)[O-])ccc3c2Cl)CC1)Nc1nncs1. The Morgan fingerprint density at radius 1 is 1.27 bits per heavy atom. The van der Waals surface area contributed by atoms with E-state index in [1.54, 1.807) is 11.0 Å². The van der Waals surface area contributed by atoms with Crippen LogP contribution in [0.15, 0.2) is 23.7 Å². The lowest BCUT2D eigenvalue weighted by Gasteiger charge is -2.34. The van der Waals surface area contributed by atoms with Gasteiger partial charge in [0.1, 0.15) is 10.4 Å². The number of fused-ring (bicyclic) bond motifs is 1. The van der Waals surface area contributed by atoms with Gasteiger partial charge in [-0.25, -0.2) is 0 Å². The first-order valence-electron chi connectivity index (χ1n) is 8.86. The Morgan fingerprint density at radius 3 is 2.70 bits per heavy atom. The van der Waals surface area contributed by atoms with Crippen LogP contribution in [0.1, 0.15) is 9.67 Å². The van der Waals surface area contributed by atoms with Gasteiger partial charge >= 0.3 is 0 Å². The van der Waals surface area contributed by atoms with Crippen molar-refractivity contribution in [3.8, 4) is 0 Å². The Hall–Kier alpha value is -2.67. The molecule has 156 valence electrons. The molecule has 30 heavy (non-hydrogen) atoms. The summed E-state index contributed by atoms with van der Waals surface area (Å²) in [5, 5.41) is 22.5. The molecule has 2 amide bonds. The van der Waals surface area contributed by atoms with Crippen LogP contribution < -0.4 is 5.32 Å². The van der Waals surface area contributed by atoms with Crippen LogP contribution in [0.4, 0.5) is 10.8 Å². The van der Waals surface area contributed by atoms with Gasteiger partial charge < -0.3 is 4.90 Å². The minimum Gasteiger partial charge on any atom is -0.335 e. The zero-order chi connectivity index (χ0) is 21.3. The summed E-state index contributed by atoms with van der Waals surface area (Å²) in [6.45, 7) is 2.20. The summed E-state index contributed by atoms with van der Waals surface area (Å²) in [7, 11) is 0. The molecule has 0 bridgehead atoms. The highest BCUT2D eigenvalue weighted by Gasteiger charge is 2.27. The number of hydrogen-bond donors (Lipinski definition) is 1. The van der Waals surface area contributed by atoms with Crippen LogP contribution in [0.3, 0.4) is 0 Å². The molecule has 1 aliphatic heterocycles. The number of anilines is 1. The van der Waals surface area contributed by atoms with Crippen molar-refractivity contribution < 1.29 is 14.5 Å². The third kappa shape index (κ3) is 4.26. The molecule has 1 aliphatic rings. The number of piperazine rings is 1. The molecule has 1 fully saturated rings. The van der Waals surface area contributed by atoms with Gasteiger partial charge in [-0.05, 0) is 6.07 Å². The lowest BCUT2D eigenvalue weighted by atomic mass is 10.2. The van der Waals surface area contributed by atoms with Gasteiger partial charge in [-0.15, -0.1) is 21.5 Å². The molecular formula is C17H15ClN6O4S2. The number of carbonyl (C=O) groups excluding carboxylic acids is 2. The second kappa shape index (κ2) is 8.60. The molecule has 0 aliphatic carbocycles. The maximum absolute atomic E-state index is 13.0. The fraction of sp³-hybridized carbons (Fsp3) is 0.294. The van der Waals surface area contributed by atoms with Crippen molar-refractivity contribution in [2.24, 2.45) is 0 Å². The second-order valence-corrected chi connectivity index (χ2v) is 8.81. The third-order valence-electron chi connectivity index (χ3n) is 4.65. The normalized spacial score (nSPS) is 14.8. The summed E-state index contributed by atoms with van der Waals surface area (Å²) in [6, 6.07) is 4.37. The van der Waals surface area contributed by atoms with Crippen LogP contribution in [0, 0.1) is 10.1 Å². The fourth-order valence-corrected chi connectivity index (χ4v) is 5.12. The summed E-state index contributed by atoms with van der Waals surface area (Å²) < 4.78 is 0.601. The van der Waals surface area contributed by atoms with Gasteiger partial charge in [0, 0.05) is 48.4 Å². The first-order valence-corrected chi connectivity index (χ1v) is 10.9. The molecule has 0 atom stereocenters. The Bertz CT molecular complexity index is 1110. The quantitative estimate of drug-likeness (QED) is 0.453. The van der Waals surface area contributed by atoms with Crippen LogP contribution in [-0.2, 0) is 4.79 Å². The molecule has 13 heteroatoms. The molecule has 0 radical (unpaired) electrons. The van der Waals surface area contributed by atoms with E-state index in [1.807, 2.05) is 4.90 Å². The molecule has 3 heterocycles. The Morgan fingerprint density at radius 2 is 2.03 bits per heavy atom. The maximum Gasteiger partial charge on any atom is 0.270 e. The number of nitro groups is 1. The zero-order valence-corrected chi connectivity index (χ0v) is 17.8. The Kier molecular flexibility index (Phi) is 5.90. The number of thiophene rings is 1. The van der Waals surface area contributed by atoms with E-state index in [4.69, 9.17) is 11.6 Å². The number of hydrogen-bond acceptors (Lipinski definition) is 9. The molecular weight excluding hydrogens is 452 g/mol. The van der Waals surface area contributed by atoms with E-state index in [1.165, 1.54) is 29.0 Å². The van der Waals surface area contributed by atoms with E-state index in [2.05, 4.69) is 15.5 Å². The summed E-state index contributed by atoms with van der Waals surface area (Å²) in [6.07, 6.45) is 0. The van der Waals surface area contributed by atoms with Crippen LogP contribution in [0.2, 0.25) is 5.02 Å². The predicted molar refractivity (Wildman–Crippen MR) is 114 cm³/mol. The molecule has 10 nitrogen and oxygen atoms in total. The van der Waals surface area contributed by atoms with Crippen LogP contribution >= 0.6 is 34.3 Å². The summed E-state index contributed by atoms with van der Waals surface area (Å²) >= 11 is 8.79. The van der Waals surface area contributed by atoms with Gasteiger partial charge in [-0.3, -0.25) is 29.9 Å². The van der Waals surface area contributed by atoms with E-state index < -0.39 is 4.92 Å². The van der Waals surface area contributed by atoms with Crippen LogP contribution in [-0.4, -0.2) is 69.5 Å². The number of nitrogens with zero attached hydrogens (tertiary/aromatic N) is 5. The van der Waals surface area contributed by atoms with Crippen molar-refractivity contribution in [3.63, 3.8) is 0 Å². The van der Waals surface area contributed by atoms with Gasteiger partial charge in [0.25, 0.3) is 11.6 Å². The first kappa shape index (κ1) is 20.6. The zero-order valence-electron chi connectivity index (χ0n) is 15.4. The topological polar surface area (TPSA) is 122 Å². The number of halogens is 1. The number of rotatable bonds is 5. The molecule has 0 saturated carbocycles. The highest BCUT2D eigenvalue weighted by molar-refractivity contribution is 7.21. The molecule has 2 aromatic heterocycles. The monoisotopic (exact) mass is 466 g/mol. The smallest absolute Gasteiger partial charge is 0.270 e. The van der Waals surface area contributed by atoms with Gasteiger partial charge in [-0.2, -0.15) is 0 Å². The summed E-state index contributed by atoms with van der Waals surface area (Å²) in [5.74, 6) is -0.387. The van der Waals surface area contributed by atoms with Gasteiger partial charge in [0.2, 0.25) is 11.0 Å². The second-order valence-electron chi connectivity index (χ2n) is 6.54. The number of amides is 2. The third-order valence-corrected chi connectivity index (χ3v) is 6.90. The van der Waals surface area contributed by atoms with Crippen molar-refractivity contribution >= 4 is 67.0 Å². The van der Waals surface area contributed by atoms with Crippen molar-refractivity contribution in [2.75, 3.05) is 38.0 Å². The van der Waals surface area contributed by atoms with E-state index in [0.29, 0.717) is 51.3 Å². The van der Waals surface area contributed by atoms with Gasteiger partial charge in [0.05, 0.1) is 16.5 Å². The van der Waals surface area contributed by atoms with E-state index in [0.717, 1.165) is 11.3 Å². The molecule has 4 rings (SSSR count). The number of benzene rings is 1. The Balaban J connectivity index is 1.39. The van der Waals surface area contributed by atoms with Crippen molar-refractivity contribution in [3.05, 3.63) is 43.7 Å². The first-order chi connectivity index (χ1) is 14.4. The molecule has 0 spiro atoms. The van der Waals surface area contributed by atoms with Crippen molar-refractivity contribution in [1.82, 2.24) is 20.0 Å². The molecule has 1 N–H and O–H groups in total. The van der Waals surface area contributed by atoms with E-state index in [-0.39, 0.29) is 24.0 Å². The summed E-state index contributed by atoms with van der Waals surface area (Å²) in [5.41, 5.74) is 1.50. The number of carbonyl (C=O) groups is 2. The maximum atomic E-state index is 13.0. The van der Waals surface area contributed by atoms with Gasteiger partial charge in [-0.1, -0.05) is 22.9 Å². The van der Waals surface area contributed by atoms with Crippen molar-refractivity contribution in [2.45, 2.75) is 0 Å². The average molecular weight is 467 g/mol. The molecule has 1 saturated heterocycles.